The van der Waals surface area contributed by atoms with Gasteiger partial charge in [0.25, 0.3) is 0 Å². The molecular formula is C13H23N5O3. The van der Waals surface area contributed by atoms with Crippen LogP contribution in [0.4, 0.5) is 11.5 Å². The number of nitrogens with zero attached hydrogens (tertiary/aromatic N) is 4. The highest BCUT2D eigenvalue weighted by Gasteiger charge is 2.31. The van der Waals surface area contributed by atoms with Gasteiger partial charge in [0.15, 0.2) is 0 Å². The summed E-state index contributed by atoms with van der Waals surface area (Å²) in [6.07, 6.45) is 2.83. The van der Waals surface area contributed by atoms with Gasteiger partial charge < -0.3 is 15.4 Å². The second-order valence-electron chi connectivity index (χ2n) is 5.34. The fraction of sp³-hybridized carbons (Fsp3) is 0.769. The Morgan fingerprint density at radius 3 is 2.71 bits per heavy atom. The van der Waals surface area contributed by atoms with Gasteiger partial charge in [-0.1, -0.05) is 0 Å². The number of piperidine rings is 1. The highest BCUT2D eigenvalue weighted by atomic mass is 16.6. The number of nitro groups is 1. The van der Waals surface area contributed by atoms with Crippen LogP contribution in [0.15, 0.2) is 0 Å². The molecule has 0 bridgehead atoms. The molecule has 0 atom stereocenters. The molecule has 2 rings (SSSR count). The van der Waals surface area contributed by atoms with Gasteiger partial charge in [-0.15, -0.1) is 0 Å². The van der Waals surface area contributed by atoms with Gasteiger partial charge in [-0.25, -0.2) is 4.68 Å². The maximum atomic E-state index is 11.2. The maximum Gasteiger partial charge on any atom is 0.333 e. The Morgan fingerprint density at radius 2 is 2.14 bits per heavy atom. The number of anilines is 1. The summed E-state index contributed by atoms with van der Waals surface area (Å²) < 4.78 is 7.36. The van der Waals surface area contributed by atoms with Crippen molar-refractivity contribution in [3.8, 4) is 0 Å². The van der Waals surface area contributed by atoms with Gasteiger partial charge in [-0.05, 0) is 32.7 Å². The first-order valence-electron chi connectivity index (χ1n) is 7.29. The van der Waals surface area contributed by atoms with Crippen LogP contribution >= 0.6 is 0 Å². The summed E-state index contributed by atoms with van der Waals surface area (Å²) in [7, 11) is 1.75. The van der Waals surface area contributed by atoms with Crippen LogP contribution in [0.3, 0.4) is 0 Å². The lowest BCUT2D eigenvalue weighted by molar-refractivity contribution is -0.384. The fourth-order valence-electron chi connectivity index (χ4n) is 2.77. The van der Waals surface area contributed by atoms with Crippen molar-refractivity contribution >= 4 is 11.5 Å². The zero-order chi connectivity index (χ0) is 15.4. The van der Waals surface area contributed by atoms with Crippen molar-refractivity contribution in [1.82, 2.24) is 9.78 Å². The Balaban J connectivity index is 2.01. The molecule has 1 fully saturated rings. The number of nitrogens with two attached hydrogens (primary N) is 1. The molecule has 0 amide bonds. The number of hydrogen-bond donors (Lipinski definition) is 1. The second kappa shape index (κ2) is 6.86. The molecule has 1 aliphatic rings. The lowest BCUT2D eigenvalue weighted by Gasteiger charge is -2.32. The molecule has 21 heavy (non-hydrogen) atoms. The molecule has 1 aliphatic heterocycles. The maximum absolute atomic E-state index is 11.2. The number of ether oxygens (including phenoxy) is 1. The summed E-state index contributed by atoms with van der Waals surface area (Å²) >= 11 is 0. The first-order valence-corrected chi connectivity index (χ1v) is 7.29. The average Bonchev–Trinajstić information content (AvgIpc) is 2.75. The molecule has 118 valence electrons. The van der Waals surface area contributed by atoms with Gasteiger partial charge in [0.05, 0.1) is 11.0 Å². The monoisotopic (exact) mass is 297 g/mol. The van der Waals surface area contributed by atoms with Crippen molar-refractivity contribution in [2.24, 2.45) is 12.8 Å². The van der Waals surface area contributed by atoms with E-state index in [1.54, 1.807) is 18.7 Å². The highest BCUT2D eigenvalue weighted by Crippen LogP contribution is 2.32. The molecule has 1 aromatic heterocycles. The summed E-state index contributed by atoms with van der Waals surface area (Å²) in [6, 6.07) is 0. The third-order valence-electron chi connectivity index (χ3n) is 3.79. The standard InChI is InChI=1S/C13H23N5O3/c1-10-12(18(19)20)13(16(2)15-10)17-7-4-11(5-8-17)21-9-3-6-14/h11H,3-9,14H2,1-2H3. The molecule has 0 unspecified atom stereocenters. The molecule has 1 aromatic rings. The minimum absolute atomic E-state index is 0.111. The predicted molar refractivity (Wildman–Crippen MR) is 79.5 cm³/mol. The van der Waals surface area contributed by atoms with Crippen LogP contribution in [-0.2, 0) is 11.8 Å². The Bertz CT molecular complexity index is 494. The van der Waals surface area contributed by atoms with E-state index in [2.05, 4.69) is 5.10 Å². The molecule has 0 aliphatic carbocycles. The van der Waals surface area contributed by atoms with Gasteiger partial charge in [0.2, 0.25) is 5.82 Å². The molecule has 2 N–H and O–H groups in total. The Morgan fingerprint density at radius 1 is 1.48 bits per heavy atom. The van der Waals surface area contributed by atoms with Crippen molar-refractivity contribution in [3.63, 3.8) is 0 Å². The quantitative estimate of drug-likeness (QED) is 0.477. The van der Waals surface area contributed by atoms with Gasteiger partial charge in [-0.2, -0.15) is 5.10 Å². The van der Waals surface area contributed by atoms with Crippen molar-refractivity contribution in [1.29, 1.82) is 0 Å². The molecule has 8 nitrogen and oxygen atoms in total. The predicted octanol–water partition coefficient (Wildman–Crippen LogP) is 0.971. The van der Waals surface area contributed by atoms with Crippen LogP contribution in [0.25, 0.3) is 0 Å². The van der Waals surface area contributed by atoms with E-state index < -0.39 is 0 Å². The largest absolute Gasteiger partial charge is 0.378 e. The average molecular weight is 297 g/mol. The minimum Gasteiger partial charge on any atom is -0.378 e. The number of rotatable bonds is 6. The smallest absolute Gasteiger partial charge is 0.333 e. The van der Waals surface area contributed by atoms with Gasteiger partial charge in [0.1, 0.15) is 5.69 Å². The van der Waals surface area contributed by atoms with Crippen LogP contribution in [0.2, 0.25) is 0 Å². The van der Waals surface area contributed by atoms with Gasteiger partial charge in [0, 0.05) is 26.7 Å². The van der Waals surface area contributed by atoms with E-state index in [4.69, 9.17) is 10.5 Å². The van der Waals surface area contributed by atoms with E-state index >= 15 is 0 Å². The van der Waals surface area contributed by atoms with E-state index in [0.29, 0.717) is 24.7 Å². The van der Waals surface area contributed by atoms with E-state index in [1.807, 2.05) is 4.90 Å². The SMILES string of the molecule is Cc1nn(C)c(N2CCC(OCCCN)CC2)c1[N+](=O)[O-]. The summed E-state index contributed by atoms with van der Waals surface area (Å²) in [4.78, 5) is 12.9. The zero-order valence-corrected chi connectivity index (χ0v) is 12.6. The van der Waals surface area contributed by atoms with Gasteiger partial charge in [-0.3, -0.25) is 10.1 Å². The van der Waals surface area contributed by atoms with Crippen LogP contribution in [0.1, 0.15) is 25.0 Å². The second-order valence-corrected chi connectivity index (χ2v) is 5.34. The summed E-state index contributed by atoms with van der Waals surface area (Å²) in [6.45, 7) is 4.48. The Hall–Kier alpha value is -1.67. The van der Waals surface area contributed by atoms with Crippen molar-refractivity contribution in [2.45, 2.75) is 32.3 Å². The van der Waals surface area contributed by atoms with Crippen LogP contribution in [0.5, 0.6) is 0 Å². The summed E-state index contributed by atoms with van der Waals surface area (Å²) in [5.74, 6) is 0.595. The lowest BCUT2D eigenvalue weighted by Crippen LogP contribution is -2.38. The van der Waals surface area contributed by atoms with E-state index in [9.17, 15) is 10.1 Å². The Kier molecular flexibility index (Phi) is 5.13. The molecule has 0 saturated carbocycles. The third kappa shape index (κ3) is 3.51. The third-order valence-corrected chi connectivity index (χ3v) is 3.79. The van der Waals surface area contributed by atoms with Crippen LogP contribution in [0, 0.1) is 17.0 Å². The molecular weight excluding hydrogens is 274 g/mol. The number of aryl methyl sites for hydroxylation is 2. The normalized spacial score (nSPS) is 16.4. The van der Waals surface area contributed by atoms with Crippen LogP contribution in [-0.4, -0.2) is 47.0 Å². The van der Waals surface area contributed by atoms with Crippen LogP contribution < -0.4 is 10.6 Å². The van der Waals surface area contributed by atoms with Crippen molar-refractivity contribution in [3.05, 3.63) is 15.8 Å². The van der Waals surface area contributed by atoms with Crippen molar-refractivity contribution < 1.29 is 9.66 Å². The highest BCUT2D eigenvalue weighted by molar-refractivity contribution is 5.61. The zero-order valence-electron chi connectivity index (χ0n) is 12.6. The molecule has 0 radical (unpaired) electrons. The van der Waals surface area contributed by atoms with E-state index in [-0.39, 0.29) is 16.7 Å². The summed E-state index contributed by atoms with van der Waals surface area (Å²) in [5.41, 5.74) is 6.01. The van der Waals surface area contributed by atoms with Crippen molar-refractivity contribution in [2.75, 3.05) is 31.1 Å². The molecule has 8 heteroatoms. The molecule has 0 spiro atoms. The lowest BCUT2D eigenvalue weighted by atomic mass is 10.1. The van der Waals surface area contributed by atoms with Gasteiger partial charge >= 0.3 is 5.69 Å². The van der Waals surface area contributed by atoms with E-state index in [0.717, 1.165) is 32.4 Å². The summed E-state index contributed by atoms with van der Waals surface area (Å²) in [5, 5.41) is 15.4. The number of aromatic nitrogens is 2. The molecule has 2 heterocycles. The Labute approximate surface area is 124 Å². The molecule has 1 saturated heterocycles. The minimum atomic E-state index is -0.346. The first kappa shape index (κ1) is 15.7. The molecule has 0 aromatic carbocycles. The fourth-order valence-corrected chi connectivity index (χ4v) is 2.77. The topological polar surface area (TPSA) is 99.5 Å². The number of hydrogen-bond acceptors (Lipinski definition) is 6. The van der Waals surface area contributed by atoms with E-state index in [1.165, 1.54) is 0 Å². The first-order chi connectivity index (χ1) is 10.0.